The number of carbonyl (C=O) groups excluding carboxylic acids is 2. The summed E-state index contributed by atoms with van der Waals surface area (Å²) >= 11 is 0. The lowest BCUT2D eigenvalue weighted by atomic mass is 10.1. The molecule has 0 atom stereocenters. The van der Waals surface area contributed by atoms with E-state index >= 15 is 0 Å². The monoisotopic (exact) mass is 388 g/mol. The fourth-order valence-corrected chi connectivity index (χ4v) is 4.38. The van der Waals surface area contributed by atoms with Gasteiger partial charge < -0.3 is 5.32 Å². The Morgan fingerprint density at radius 1 is 1.07 bits per heavy atom. The minimum absolute atomic E-state index is 0.112. The van der Waals surface area contributed by atoms with Crippen molar-refractivity contribution in [3.8, 4) is 0 Å². The molecule has 1 N–H and O–H groups in total. The van der Waals surface area contributed by atoms with E-state index in [4.69, 9.17) is 0 Å². The van der Waals surface area contributed by atoms with Crippen molar-refractivity contribution < 1.29 is 18.0 Å². The molecular weight excluding hydrogens is 364 g/mol. The number of Topliss-reactive ketones (excluding diaryl/α,β-unsaturated/α-hetero) is 1. The number of aryl methyl sites for hydroxylation is 2. The van der Waals surface area contributed by atoms with Crippen LogP contribution in [0.4, 0.5) is 5.69 Å². The van der Waals surface area contributed by atoms with Crippen molar-refractivity contribution in [2.24, 2.45) is 0 Å². The van der Waals surface area contributed by atoms with E-state index in [2.05, 4.69) is 5.32 Å². The first-order valence-electron chi connectivity index (χ1n) is 8.63. The molecule has 6 nitrogen and oxygen atoms in total. The fraction of sp³-hybridized carbons (Fsp3) is 0.300. The molecule has 0 aliphatic rings. The summed E-state index contributed by atoms with van der Waals surface area (Å²) in [7, 11) is -3.79. The van der Waals surface area contributed by atoms with E-state index < -0.39 is 15.9 Å². The fourth-order valence-electron chi connectivity index (χ4n) is 2.67. The molecule has 2 aromatic carbocycles. The van der Waals surface area contributed by atoms with Crippen LogP contribution in [0.5, 0.6) is 0 Å². The largest absolute Gasteiger partial charge is 0.325 e. The van der Waals surface area contributed by atoms with Crippen LogP contribution in [0.2, 0.25) is 0 Å². The minimum Gasteiger partial charge on any atom is -0.325 e. The molecule has 0 aromatic heterocycles. The highest BCUT2D eigenvalue weighted by molar-refractivity contribution is 7.89. The van der Waals surface area contributed by atoms with Crippen LogP contribution in [0.15, 0.2) is 47.4 Å². The summed E-state index contributed by atoms with van der Waals surface area (Å²) in [6, 6.07) is 11.7. The molecule has 0 unspecified atom stereocenters. The Morgan fingerprint density at radius 2 is 1.78 bits per heavy atom. The maximum atomic E-state index is 13.0. The summed E-state index contributed by atoms with van der Waals surface area (Å²) in [5.74, 6) is -0.579. The molecule has 7 heteroatoms. The molecule has 0 radical (unpaired) electrons. The first kappa shape index (κ1) is 20.8. The number of hydrogen-bond donors (Lipinski definition) is 1. The van der Waals surface area contributed by atoms with Crippen molar-refractivity contribution in [3.63, 3.8) is 0 Å². The molecule has 0 fully saturated rings. The van der Waals surface area contributed by atoms with Gasteiger partial charge in [-0.15, -0.1) is 0 Å². The topological polar surface area (TPSA) is 83.6 Å². The second-order valence-corrected chi connectivity index (χ2v) is 8.29. The summed E-state index contributed by atoms with van der Waals surface area (Å²) in [4.78, 5) is 24.0. The molecule has 2 rings (SSSR count). The third-order valence-electron chi connectivity index (χ3n) is 4.19. The number of sulfonamides is 1. The molecule has 0 aliphatic heterocycles. The van der Waals surface area contributed by atoms with Gasteiger partial charge in [-0.1, -0.05) is 31.2 Å². The summed E-state index contributed by atoms with van der Waals surface area (Å²) in [5.41, 5.74) is 2.39. The van der Waals surface area contributed by atoms with Crippen molar-refractivity contribution in [1.29, 1.82) is 0 Å². The van der Waals surface area contributed by atoms with E-state index in [9.17, 15) is 18.0 Å². The number of nitrogens with one attached hydrogen (secondary N) is 1. The van der Waals surface area contributed by atoms with Crippen LogP contribution in [0.25, 0.3) is 0 Å². The van der Waals surface area contributed by atoms with Crippen LogP contribution in [-0.4, -0.2) is 37.5 Å². The van der Waals surface area contributed by atoms with Gasteiger partial charge in [-0.25, -0.2) is 8.42 Å². The highest BCUT2D eigenvalue weighted by atomic mass is 32.2. The maximum Gasteiger partial charge on any atom is 0.243 e. The molecule has 0 saturated heterocycles. The van der Waals surface area contributed by atoms with Crippen LogP contribution in [-0.2, 0) is 14.8 Å². The number of benzene rings is 2. The third-order valence-corrected chi connectivity index (χ3v) is 6.25. The van der Waals surface area contributed by atoms with E-state index in [-0.39, 0.29) is 23.8 Å². The molecule has 144 valence electrons. The van der Waals surface area contributed by atoms with E-state index in [1.54, 1.807) is 50.2 Å². The molecule has 1 amide bonds. The van der Waals surface area contributed by atoms with Gasteiger partial charge >= 0.3 is 0 Å². The van der Waals surface area contributed by atoms with E-state index in [0.717, 1.165) is 9.87 Å². The number of ketones is 1. The summed E-state index contributed by atoms with van der Waals surface area (Å²) in [6.07, 6.45) is 0. The Morgan fingerprint density at radius 3 is 2.41 bits per heavy atom. The third kappa shape index (κ3) is 5.02. The van der Waals surface area contributed by atoms with Crippen LogP contribution >= 0.6 is 0 Å². The summed E-state index contributed by atoms with van der Waals surface area (Å²) in [6.45, 7) is 6.53. The predicted octanol–water partition coefficient (Wildman–Crippen LogP) is 3.16. The van der Waals surface area contributed by atoms with E-state index in [1.807, 2.05) is 13.0 Å². The standard InChI is InChI=1S/C20H24N2O4S/c1-5-22(27(25,26)19-11-14(2)9-10-15(19)3)13-20(24)21-18-8-6-7-17(12-18)16(4)23/h6-12H,5,13H2,1-4H3,(H,21,24). The number of amides is 1. The van der Waals surface area contributed by atoms with Crippen molar-refractivity contribution in [2.75, 3.05) is 18.4 Å². The van der Waals surface area contributed by atoms with Crippen LogP contribution in [0.1, 0.15) is 35.3 Å². The molecule has 0 spiro atoms. The average Bonchev–Trinajstić information content (AvgIpc) is 2.61. The van der Waals surface area contributed by atoms with Crippen LogP contribution in [0, 0.1) is 13.8 Å². The zero-order valence-electron chi connectivity index (χ0n) is 15.9. The van der Waals surface area contributed by atoms with Gasteiger partial charge in [-0.05, 0) is 50.1 Å². The Labute approximate surface area is 160 Å². The lowest BCUT2D eigenvalue weighted by molar-refractivity contribution is -0.116. The van der Waals surface area contributed by atoms with Crippen LogP contribution < -0.4 is 5.32 Å². The van der Waals surface area contributed by atoms with Gasteiger partial charge in [-0.3, -0.25) is 9.59 Å². The van der Waals surface area contributed by atoms with Crippen molar-refractivity contribution in [3.05, 3.63) is 59.2 Å². The van der Waals surface area contributed by atoms with Gasteiger partial charge in [-0.2, -0.15) is 4.31 Å². The Bertz CT molecular complexity index is 968. The molecule has 27 heavy (non-hydrogen) atoms. The Balaban J connectivity index is 2.20. The number of likely N-dealkylation sites (N-methyl/N-ethyl adjacent to an activating group) is 1. The average molecular weight is 388 g/mol. The SMILES string of the molecule is CCN(CC(=O)Nc1cccc(C(C)=O)c1)S(=O)(=O)c1cc(C)ccc1C. The minimum atomic E-state index is -3.79. The molecule has 0 aliphatic carbocycles. The van der Waals surface area contributed by atoms with Gasteiger partial charge in [0.15, 0.2) is 5.78 Å². The lowest BCUT2D eigenvalue weighted by Gasteiger charge is -2.21. The normalized spacial score (nSPS) is 11.4. The zero-order chi connectivity index (χ0) is 20.2. The first-order chi connectivity index (χ1) is 12.6. The van der Waals surface area contributed by atoms with Crippen molar-refractivity contribution >= 4 is 27.4 Å². The van der Waals surface area contributed by atoms with Crippen molar-refractivity contribution in [2.45, 2.75) is 32.6 Å². The number of carbonyl (C=O) groups is 2. The van der Waals surface area contributed by atoms with Crippen LogP contribution in [0.3, 0.4) is 0 Å². The highest BCUT2D eigenvalue weighted by Gasteiger charge is 2.27. The molecule has 2 aromatic rings. The van der Waals surface area contributed by atoms with Gasteiger partial charge in [0.05, 0.1) is 11.4 Å². The number of nitrogens with zero attached hydrogens (tertiary/aromatic N) is 1. The zero-order valence-corrected chi connectivity index (χ0v) is 16.8. The predicted molar refractivity (Wildman–Crippen MR) is 105 cm³/mol. The number of hydrogen-bond acceptors (Lipinski definition) is 4. The molecule has 0 saturated carbocycles. The number of anilines is 1. The van der Waals surface area contributed by atoms with Gasteiger partial charge in [0, 0.05) is 17.8 Å². The van der Waals surface area contributed by atoms with E-state index in [1.165, 1.54) is 6.92 Å². The molecule has 0 heterocycles. The Kier molecular flexibility index (Phi) is 6.51. The Hall–Kier alpha value is -2.51. The smallest absolute Gasteiger partial charge is 0.243 e. The summed E-state index contributed by atoms with van der Waals surface area (Å²) < 4.78 is 27.1. The quantitative estimate of drug-likeness (QED) is 0.739. The van der Waals surface area contributed by atoms with Crippen molar-refractivity contribution in [1.82, 2.24) is 4.31 Å². The molecule has 0 bridgehead atoms. The van der Waals surface area contributed by atoms with Gasteiger partial charge in [0.2, 0.25) is 15.9 Å². The van der Waals surface area contributed by atoms with Gasteiger partial charge in [0.25, 0.3) is 0 Å². The maximum absolute atomic E-state index is 13.0. The highest BCUT2D eigenvalue weighted by Crippen LogP contribution is 2.21. The second-order valence-electron chi connectivity index (χ2n) is 6.39. The second kappa shape index (κ2) is 8.45. The lowest BCUT2D eigenvalue weighted by Crippen LogP contribution is -2.38. The number of rotatable bonds is 7. The first-order valence-corrected chi connectivity index (χ1v) is 10.1. The van der Waals surface area contributed by atoms with Gasteiger partial charge in [0.1, 0.15) is 0 Å². The molecular formula is C20H24N2O4S. The summed E-state index contributed by atoms with van der Waals surface area (Å²) in [5, 5.41) is 2.65. The van der Waals surface area contributed by atoms with E-state index in [0.29, 0.717) is 16.8 Å².